The number of ether oxygens (including phenoxy) is 2. The Morgan fingerprint density at radius 1 is 1.19 bits per heavy atom. The van der Waals surface area contributed by atoms with Crippen LogP contribution in [0.5, 0.6) is 5.75 Å². The molecule has 4 rings (SSSR count). The van der Waals surface area contributed by atoms with E-state index >= 15 is 0 Å². The van der Waals surface area contributed by atoms with Crippen molar-refractivity contribution >= 4 is 37.1 Å². The van der Waals surface area contributed by atoms with E-state index in [2.05, 4.69) is 40.1 Å². The fraction of sp³-hybridized carbons (Fsp3) is 0.333. The van der Waals surface area contributed by atoms with Crippen LogP contribution in [0.1, 0.15) is 10.5 Å². The third-order valence-electron chi connectivity index (χ3n) is 5.47. The highest BCUT2D eigenvalue weighted by molar-refractivity contribution is 7.98. The maximum atomic E-state index is 13.3. The van der Waals surface area contributed by atoms with Crippen LogP contribution in [-0.4, -0.2) is 57.8 Å². The summed E-state index contributed by atoms with van der Waals surface area (Å²) in [5.41, 5.74) is 1.77. The number of alkyl halides is 2. The first kappa shape index (κ1) is 26.8. The van der Waals surface area contributed by atoms with Gasteiger partial charge in [0.05, 0.1) is 23.8 Å². The molecule has 0 saturated carbocycles. The molecule has 9 nitrogen and oxygen atoms in total. The number of nitrogens with zero attached hydrogens (tertiary/aromatic N) is 5. The van der Waals surface area contributed by atoms with Crippen LogP contribution in [0.15, 0.2) is 53.8 Å². The summed E-state index contributed by atoms with van der Waals surface area (Å²) in [7, 11) is -1.31. The molecule has 0 bridgehead atoms. The summed E-state index contributed by atoms with van der Waals surface area (Å²) in [4.78, 5) is 18.2. The van der Waals surface area contributed by atoms with Gasteiger partial charge in [-0.2, -0.15) is 19.0 Å². The van der Waals surface area contributed by atoms with Crippen molar-refractivity contribution in [3.63, 3.8) is 0 Å². The average Bonchev–Trinajstić information content (AvgIpc) is 3.45. The lowest BCUT2D eigenvalue weighted by Gasteiger charge is -2.17. The summed E-state index contributed by atoms with van der Waals surface area (Å²) < 4.78 is 40.2. The van der Waals surface area contributed by atoms with E-state index in [0.29, 0.717) is 29.2 Å². The van der Waals surface area contributed by atoms with E-state index in [4.69, 9.17) is 9.47 Å². The maximum Gasteiger partial charge on any atom is 0.387 e. The number of benzene rings is 1. The predicted molar refractivity (Wildman–Crippen MR) is 141 cm³/mol. The third-order valence-corrected chi connectivity index (χ3v) is 7.90. The Morgan fingerprint density at radius 2 is 2.00 bits per heavy atom. The van der Waals surface area contributed by atoms with Gasteiger partial charge in [-0.1, -0.05) is 19.6 Å². The molecule has 1 aromatic carbocycles. The number of nitrogens with one attached hydrogen (secondary N) is 1. The first-order valence-corrected chi connectivity index (χ1v) is 16.5. The molecule has 37 heavy (non-hydrogen) atoms. The van der Waals surface area contributed by atoms with Crippen molar-refractivity contribution in [1.29, 1.82) is 0 Å². The lowest BCUT2D eigenvalue weighted by molar-refractivity contribution is -0.0495. The highest BCUT2D eigenvalue weighted by Gasteiger charge is 2.23. The highest BCUT2D eigenvalue weighted by Crippen LogP contribution is 2.38. The summed E-state index contributed by atoms with van der Waals surface area (Å²) in [6.45, 7) is 4.34. The van der Waals surface area contributed by atoms with Crippen molar-refractivity contribution in [3.8, 4) is 17.0 Å². The minimum atomic E-state index is -3.02. The van der Waals surface area contributed by atoms with Crippen molar-refractivity contribution in [2.45, 2.75) is 43.9 Å². The molecule has 3 heterocycles. The smallest absolute Gasteiger partial charge is 0.387 e. The van der Waals surface area contributed by atoms with Crippen LogP contribution in [0.2, 0.25) is 25.7 Å². The molecule has 3 aromatic heterocycles. The van der Waals surface area contributed by atoms with Crippen LogP contribution < -0.4 is 10.1 Å². The molecule has 0 radical (unpaired) electrons. The summed E-state index contributed by atoms with van der Waals surface area (Å²) in [5.74, 6) is -0.521. The number of carbonyl (C=O) groups excluding carboxylic acids is 1. The second-order valence-corrected chi connectivity index (χ2v) is 15.9. The SMILES string of the molecule is CSc1ccc(OC(F)F)c(-c2c(NC(=O)c3cnc4cccnn34)cnn2COCC[Si](C)(C)C)c1. The Kier molecular flexibility index (Phi) is 8.24. The predicted octanol–water partition coefficient (Wildman–Crippen LogP) is 5.48. The van der Waals surface area contributed by atoms with Gasteiger partial charge in [-0.3, -0.25) is 4.79 Å². The van der Waals surface area contributed by atoms with Crippen LogP contribution in [-0.2, 0) is 11.5 Å². The quantitative estimate of drug-likeness (QED) is 0.151. The summed E-state index contributed by atoms with van der Waals surface area (Å²) in [6.07, 6.45) is 6.31. The molecule has 0 spiro atoms. The molecule has 0 unspecified atom stereocenters. The number of hydrogen-bond donors (Lipinski definition) is 1. The van der Waals surface area contributed by atoms with Crippen molar-refractivity contribution in [1.82, 2.24) is 24.4 Å². The van der Waals surface area contributed by atoms with E-state index in [-0.39, 0.29) is 18.2 Å². The standard InChI is InChI=1S/C24H28F2N6O3SSi/c1-36-16-7-8-20(35-24(25)26)17(12-16)22-18(13-29-31(22)15-34-10-11-37(2,3)4)30-23(33)19-14-27-21-6-5-9-28-32(19)21/h5-9,12-14,24H,10-11,15H2,1-4H3,(H,30,33). The van der Waals surface area contributed by atoms with Gasteiger partial charge in [0.15, 0.2) is 11.3 Å². The zero-order chi connectivity index (χ0) is 26.6. The Balaban J connectivity index is 1.72. The lowest BCUT2D eigenvalue weighted by atomic mass is 10.1. The first-order chi connectivity index (χ1) is 17.7. The molecule has 13 heteroatoms. The first-order valence-electron chi connectivity index (χ1n) is 11.5. The molecule has 0 saturated heterocycles. The third kappa shape index (κ3) is 6.53. The van der Waals surface area contributed by atoms with Gasteiger partial charge in [-0.15, -0.1) is 11.8 Å². The summed E-state index contributed by atoms with van der Waals surface area (Å²) in [5, 5.41) is 11.4. The van der Waals surface area contributed by atoms with Gasteiger partial charge in [0.2, 0.25) is 0 Å². The lowest BCUT2D eigenvalue weighted by Crippen LogP contribution is -2.22. The van der Waals surface area contributed by atoms with Crippen molar-refractivity contribution in [2.24, 2.45) is 0 Å². The topological polar surface area (TPSA) is 95.6 Å². The van der Waals surface area contributed by atoms with Crippen LogP contribution in [0.4, 0.5) is 14.5 Å². The van der Waals surface area contributed by atoms with Gasteiger partial charge in [-0.25, -0.2) is 14.2 Å². The van der Waals surface area contributed by atoms with Crippen LogP contribution >= 0.6 is 11.8 Å². The van der Waals surface area contributed by atoms with E-state index in [1.165, 1.54) is 39.4 Å². The van der Waals surface area contributed by atoms with Crippen LogP contribution in [0.3, 0.4) is 0 Å². The fourth-order valence-electron chi connectivity index (χ4n) is 3.58. The van der Waals surface area contributed by atoms with Gasteiger partial charge < -0.3 is 14.8 Å². The zero-order valence-electron chi connectivity index (χ0n) is 20.9. The number of rotatable bonds is 11. The number of anilines is 1. The largest absolute Gasteiger partial charge is 0.434 e. The molecule has 0 aliphatic rings. The molecule has 0 fully saturated rings. The summed E-state index contributed by atoms with van der Waals surface area (Å²) in [6, 6.07) is 9.31. The van der Waals surface area contributed by atoms with Gasteiger partial charge in [-0.05, 0) is 42.6 Å². The number of thioether (sulfide) groups is 1. The Morgan fingerprint density at radius 3 is 2.73 bits per heavy atom. The molecule has 1 amide bonds. The van der Waals surface area contributed by atoms with Gasteiger partial charge in [0.1, 0.15) is 12.5 Å². The molecule has 0 atom stereocenters. The van der Waals surface area contributed by atoms with Crippen molar-refractivity contribution < 1.29 is 23.0 Å². The number of carbonyl (C=O) groups is 1. The van der Waals surface area contributed by atoms with E-state index in [0.717, 1.165) is 10.9 Å². The van der Waals surface area contributed by atoms with Gasteiger partial charge in [0.25, 0.3) is 5.91 Å². The number of amides is 1. The Labute approximate surface area is 218 Å². The van der Waals surface area contributed by atoms with Crippen molar-refractivity contribution in [3.05, 3.63) is 54.6 Å². The van der Waals surface area contributed by atoms with E-state index < -0.39 is 20.6 Å². The molecular weight excluding hydrogens is 518 g/mol. The number of hydrogen-bond acceptors (Lipinski definition) is 7. The number of aromatic nitrogens is 5. The zero-order valence-corrected chi connectivity index (χ0v) is 22.8. The Bertz CT molecular complexity index is 1390. The van der Waals surface area contributed by atoms with Crippen LogP contribution in [0, 0.1) is 0 Å². The molecule has 0 aliphatic carbocycles. The summed E-state index contributed by atoms with van der Waals surface area (Å²) >= 11 is 1.45. The molecular formula is C24H28F2N6O3SSi. The fourth-order valence-corrected chi connectivity index (χ4v) is 4.78. The molecule has 196 valence electrons. The normalized spacial score (nSPS) is 11.9. The van der Waals surface area contributed by atoms with Crippen molar-refractivity contribution in [2.75, 3.05) is 18.2 Å². The molecule has 4 aromatic rings. The molecule has 0 aliphatic heterocycles. The monoisotopic (exact) mass is 546 g/mol. The highest BCUT2D eigenvalue weighted by atomic mass is 32.2. The second-order valence-electron chi connectivity index (χ2n) is 9.39. The Hall–Kier alpha value is -3.29. The minimum Gasteiger partial charge on any atom is -0.434 e. The maximum absolute atomic E-state index is 13.3. The number of halogens is 2. The molecule has 1 N–H and O–H groups in total. The van der Waals surface area contributed by atoms with E-state index in [1.807, 2.05) is 6.26 Å². The number of fused-ring (bicyclic) bond motifs is 1. The van der Waals surface area contributed by atoms with Crippen LogP contribution in [0.25, 0.3) is 16.9 Å². The second kappa shape index (κ2) is 11.4. The van der Waals surface area contributed by atoms with Gasteiger partial charge in [0, 0.05) is 31.3 Å². The average molecular weight is 547 g/mol. The minimum absolute atomic E-state index is 0.0383. The van der Waals surface area contributed by atoms with Gasteiger partial charge >= 0.3 is 6.61 Å². The van der Waals surface area contributed by atoms with E-state index in [1.54, 1.807) is 30.5 Å². The number of imidazole rings is 1. The van der Waals surface area contributed by atoms with E-state index in [9.17, 15) is 13.6 Å².